The summed E-state index contributed by atoms with van der Waals surface area (Å²) >= 11 is 2.07. The number of aliphatic hydroxyl groups is 1. The van der Waals surface area contributed by atoms with Gasteiger partial charge in [-0.3, -0.25) is 0 Å². The largest absolute Gasteiger partial charge is 0.393 e. The molecule has 0 aromatic rings. The van der Waals surface area contributed by atoms with Crippen molar-refractivity contribution in [2.45, 2.75) is 57.7 Å². The molecular formula is C9H19INO2+. The van der Waals surface area contributed by atoms with Crippen LogP contribution in [0.1, 0.15) is 40.5 Å². The van der Waals surface area contributed by atoms with Crippen molar-refractivity contribution in [3.8, 4) is 0 Å². The van der Waals surface area contributed by atoms with Crippen LogP contribution in [-0.2, 0) is 0 Å². The summed E-state index contributed by atoms with van der Waals surface area (Å²) < 4.78 is -0.0468. The fraction of sp³-hybridized carbons (Fsp3) is 1.00. The van der Waals surface area contributed by atoms with Crippen molar-refractivity contribution in [2.24, 2.45) is 0 Å². The van der Waals surface area contributed by atoms with Crippen LogP contribution in [-0.4, -0.2) is 30.4 Å². The first kappa shape index (κ1) is 11.7. The lowest BCUT2D eigenvalue weighted by atomic mass is 9.80. The van der Waals surface area contributed by atoms with Crippen molar-refractivity contribution in [3.05, 3.63) is 0 Å². The molecule has 78 valence electrons. The minimum atomic E-state index is -0.293. The summed E-state index contributed by atoms with van der Waals surface area (Å²) in [4.78, 5) is 0. The lowest BCUT2D eigenvalue weighted by Crippen LogP contribution is -2.68. The highest BCUT2D eigenvalue weighted by atomic mass is 127. The van der Waals surface area contributed by atoms with Crippen LogP contribution in [0.25, 0.3) is 0 Å². The molecular weight excluding hydrogens is 281 g/mol. The average molecular weight is 300 g/mol. The van der Waals surface area contributed by atoms with Gasteiger partial charge in [-0.2, -0.15) is 0 Å². The summed E-state index contributed by atoms with van der Waals surface area (Å²) in [5.74, 6) is 0. The molecule has 2 N–H and O–H groups in total. The molecule has 0 aromatic carbocycles. The molecule has 3 nitrogen and oxygen atoms in total. The van der Waals surface area contributed by atoms with E-state index in [1.165, 1.54) is 0 Å². The quantitative estimate of drug-likeness (QED) is 0.532. The van der Waals surface area contributed by atoms with E-state index in [2.05, 4.69) is 22.9 Å². The Labute approximate surface area is 93.8 Å². The van der Waals surface area contributed by atoms with Gasteiger partial charge in [-0.15, -0.1) is 2.86 Å². The van der Waals surface area contributed by atoms with E-state index in [9.17, 15) is 10.3 Å². The number of halogens is 1. The molecule has 13 heavy (non-hydrogen) atoms. The van der Waals surface area contributed by atoms with Crippen molar-refractivity contribution in [1.29, 1.82) is 0 Å². The molecule has 0 unspecified atom stereocenters. The minimum absolute atomic E-state index is 0.0468. The van der Waals surface area contributed by atoms with Gasteiger partial charge in [-0.25, -0.2) is 5.21 Å². The Morgan fingerprint density at radius 1 is 1.15 bits per heavy atom. The Balaban J connectivity index is 3.03. The number of hydrogen-bond donors (Lipinski definition) is 2. The molecule has 0 saturated carbocycles. The molecule has 0 bridgehead atoms. The van der Waals surface area contributed by atoms with Crippen LogP contribution in [0.2, 0.25) is 0 Å². The Morgan fingerprint density at radius 3 is 1.77 bits per heavy atom. The Hall–Kier alpha value is 0.610. The molecule has 0 amide bonds. The van der Waals surface area contributed by atoms with E-state index in [4.69, 9.17) is 0 Å². The van der Waals surface area contributed by atoms with Crippen molar-refractivity contribution in [1.82, 2.24) is 0 Å². The van der Waals surface area contributed by atoms with Crippen LogP contribution in [0, 0.1) is 0 Å². The van der Waals surface area contributed by atoms with Gasteiger partial charge in [0.2, 0.25) is 0 Å². The lowest BCUT2D eigenvalue weighted by Gasteiger charge is -2.52. The first-order valence-corrected chi connectivity index (χ1v) is 5.56. The van der Waals surface area contributed by atoms with Gasteiger partial charge < -0.3 is 5.11 Å². The molecule has 1 aliphatic rings. The van der Waals surface area contributed by atoms with Crippen LogP contribution in [0.5, 0.6) is 0 Å². The molecule has 1 rings (SSSR count). The first-order chi connectivity index (χ1) is 5.60. The number of piperidine rings is 1. The fourth-order valence-electron chi connectivity index (χ4n) is 2.29. The maximum absolute atomic E-state index is 10.4. The molecule has 0 aliphatic carbocycles. The summed E-state index contributed by atoms with van der Waals surface area (Å²) in [5, 5.41) is 20.0. The molecule has 1 aliphatic heterocycles. The SMILES string of the molecule is CC1(C)CC(O)CC(C)(C)[N+]1(O)I. The van der Waals surface area contributed by atoms with Gasteiger partial charge in [0.15, 0.2) is 0 Å². The minimum Gasteiger partial charge on any atom is -0.393 e. The molecule has 0 atom stereocenters. The Bertz CT molecular complexity index is 194. The molecule has 0 aromatic heterocycles. The summed E-state index contributed by atoms with van der Waals surface area (Å²) in [7, 11) is 0. The summed E-state index contributed by atoms with van der Waals surface area (Å²) in [6.07, 6.45) is 1.00. The van der Waals surface area contributed by atoms with E-state index >= 15 is 0 Å². The van der Waals surface area contributed by atoms with E-state index in [1.54, 1.807) is 0 Å². The molecule has 4 heteroatoms. The molecule has 1 saturated heterocycles. The third-order valence-corrected chi connectivity index (χ3v) is 5.69. The van der Waals surface area contributed by atoms with E-state index in [1.807, 2.05) is 27.7 Å². The monoisotopic (exact) mass is 300 g/mol. The van der Waals surface area contributed by atoms with Crippen LogP contribution in [0.4, 0.5) is 0 Å². The number of hydrogen-bond acceptors (Lipinski definition) is 2. The summed E-state index contributed by atoms with van der Waals surface area (Å²) in [6, 6.07) is 0. The number of quaternary nitrogens is 1. The van der Waals surface area contributed by atoms with Crippen molar-refractivity contribution < 1.29 is 13.2 Å². The van der Waals surface area contributed by atoms with E-state index in [-0.39, 0.29) is 20.0 Å². The normalized spacial score (nSPS) is 43.2. The zero-order valence-electron chi connectivity index (χ0n) is 8.71. The van der Waals surface area contributed by atoms with E-state index in [0.717, 1.165) is 0 Å². The highest BCUT2D eigenvalue weighted by Gasteiger charge is 2.58. The van der Waals surface area contributed by atoms with Gasteiger partial charge in [0.1, 0.15) is 11.1 Å². The van der Waals surface area contributed by atoms with Crippen LogP contribution >= 0.6 is 22.9 Å². The van der Waals surface area contributed by atoms with Gasteiger partial charge >= 0.3 is 0 Å². The second-order valence-corrected chi connectivity index (χ2v) is 6.64. The van der Waals surface area contributed by atoms with Gasteiger partial charge in [0.25, 0.3) is 22.9 Å². The second kappa shape index (κ2) is 3.05. The number of aliphatic hydroxyl groups excluding tert-OH is 1. The highest BCUT2D eigenvalue weighted by Crippen LogP contribution is 2.47. The van der Waals surface area contributed by atoms with Crippen LogP contribution < -0.4 is 0 Å². The number of nitrogens with zero attached hydrogens (tertiary/aromatic N) is 1. The third-order valence-electron chi connectivity index (χ3n) is 3.07. The van der Waals surface area contributed by atoms with Crippen molar-refractivity contribution in [3.63, 3.8) is 0 Å². The Kier molecular flexibility index (Phi) is 2.74. The van der Waals surface area contributed by atoms with Gasteiger partial charge in [-0.05, 0) is 27.7 Å². The number of rotatable bonds is 0. The van der Waals surface area contributed by atoms with Crippen molar-refractivity contribution >= 4 is 22.9 Å². The summed E-state index contributed by atoms with van der Waals surface area (Å²) in [6.45, 7) is 7.96. The third kappa shape index (κ3) is 1.73. The topological polar surface area (TPSA) is 40.5 Å². The van der Waals surface area contributed by atoms with Gasteiger partial charge in [-0.1, -0.05) is 0 Å². The maximum Gasteiger partial charge on any atom is 0.288 e. The predicted octanol–water partition coefficient (Wildman–Crippen LogP) is 2.25. The van der Waals surface area contributed by atoms with E-state index < -0.39 is 0 Å². The second-order valence-electron chi connectivity index (χ2n) is 5.24. The molecule has 1 fully saturated rings. The van der Waals surface area contributed by atoms with E-state index in [0.29, 0.717) is 12.8 Å². The Morgan fingerprint density at radius 2 is 1.46 bits per heavy atom. The smallest absolute Gasteiger partial charge is 0.288 e. The zero-order chi connectivity index (χ0) is 10.5. The highest BCUT2D eigenvalue weighted by molar-refractivity contribution is 14.1. The van der Waals surface area contributed by atoms with Crippen LogP contribution in [0.15, 0.2) is 0 Å². The summed E-state index contributed by atoms with van der Waals surface area (Å²) in [5.41, 5.74) is -0.580. The van der Waals surface area contributed by atoms with Gasteiger partial charge in [0, 0.05) is 12.8 Å². The molecule has 1 heterocycles. The lowest BCUT2D eigenvalue weighted by molar-refractivity contribution is -1.04. The number of hydroxylamine groups is 2. The predicted molar refractivity (Wildman–Crippen MR) is 59.5 cm³/mol. The zero-order valence-corrected chi connectivity index (χ0v) is 10.9. The average Bonchev–Trinajstić information content (AvgIpc) is 1.80. The molecule has 0 spiro atoms. The maximum atomic E-state index is 10.4. The standard InChI is InChI=1S/C9H19INO2/c1-8(2)5-7(12)6-9(3,4)11(8,10)13/h7,12-13H,5-6H2,1-4H3/q+1. The fourth-order valence-corrected chi connectivity index (χ4v) is 2.68. The van der Waals surface area contributed by atoms with Crippen molar-refractivity contribution in [2.75, 3.05) is 0 Å². The van der Waals surface area contributed by atoms with Gasteiger partial charge in [0.05, 0.1) is 6.10 Å². The molecule has 0 radical (unpaired) electrons. The van der Waals surface area contributed by atoms with Crippen LogP contribution in [0.3, 0.4) is 0 Å². The first-order valence-electron chi connectivity index (χ1n) is 4.60.